The molecule has 0 aliphatic carbocycles. The molecule has 0 spiro atoms. The van der Waals surface area contributed by atoms with Crippen LogP contribution in [-0.2, 0) is 0 Å². The van der Waals surface area contributed by atoms with E-state index in [1.54, 1.807) is 12.3 Å². The smallest absolute Gasteiger partial charge is 0.141 e. The average molecular weight is 285 g/mol. The summed E-state index contributed by atoms with van der Waals surface area (Å²) in [6.07, 6.45) is 3.47. The molecular weight excluding hydrogens is 274 g/mol. The fourth-order valence-electron chi connectivity index (χ4n) is 2.61. The predicted octanol–water partition coefficient (Wildman–Crippen LogP) is 3.23. The molecule has 0 unspecified atom stereocenters. The molecule has 5 nitrogen and oxygen atoms in total. The van der Waals surface area contributed by atoms with Crippen LogP contribution in [0.4, 0.5) is 5.69 Å². The van der Waals surface area contributed by atoms with E-state index in [-0.39, 0.29) is 0 Å². The van der Waals surface area contributed by atoms with Gasteiger partial charge in [-0.05, 0) is 29.8 Å². The molecule has 0 saturated heterocycles. The molecule has 0 bridgehead atoms. The average Bonchev–Trinajstić information content (AvgIpc) is 2.91. The zero-order chi connectivity index (χ0) is 15.1. The van der Waals surface area contributed by atoms with Gasteiger partial charge in [-0.15, -0.1) is 0 Å². The number of nitrogens with one attached hydrogen (secondary N) is 1. The number of nitrogens with zero attached hydrogens (tertiary/aromatic N) is 3. The molecule has 1 aromatic carbocycles. The Balaban J connectivity index is 2.00. The largest absolute Gasteiger partial charge is 0.399 e. The van der Waals surface area contributed by atoms with Crippen molar-refractivity contribution in [3.05, 3.63) is 54.5 Å². The number of benzene rings is 1. The van der Waals surface area contributed by atoms with Crippen molar-refractivity contribution in [2.45, 2.75) is 0 Å². The summed E-state index contributed by atoms with van der Waals surface area (Å²) in [5, 5.41) is 10.9. The minimum atomic E-state index is 0.391. The van der Waals surface area contributed by atoms with Crippen molar-refractivity contribution in [2.24, 2.45) is 0 Å². The highest BCUT2D eigenvalue weighted by molar-refractivity contribution is 6.07. The number of hydrogen-bond donors (Lipinski definition) is 2. The molecule has 3 N–H and O–H groups in total. The molecule has 5 heteroatoms. The molecule has 0 amide bonds. The summed E-state index contributed by atoms with van der Waals surface area (Å²) in [5.74, 6) is 0. The number of anilines is 1. The molecule has 0 aliphatic rings. The van der Waals surface area contributed by atoms with Gasteiger partial charge in [0.1, 0.15) is 17.4 Å². The summed E-state index contributed by atoms with van der Waals surface area (Å²) in [4.78, 5) is 11.8. The fourth-order valence-corrected chi connectivity index (χ4v) is 2.61. The summed E-state index contributed by atoms with van der Waals surface area (Å²) in [5.41, 5.74) is 10.6. The highest BCUT2D eigenvalue weighted by Crippen LogP contribution is 2.29. The lowest BCUT2D eigenvalue weighted by molar-refractivity contribution is 1.27. The van der Waals surface area contributed by atoms with E-state index in [4.69, 9.17) is 11.0 Å². The van der Waals surface area contributed by atoms with E-state index in [2.05, 4.69) is 27.1 Å². The lowest BCUT2D eigenvalue weighted by Gasteiger charge is -2.02. The van der Waals surface area contributed by atoms with E-state index in [0.717, 1.165) is 33.1 Å². The van der Waals surface area contributed by atoms with Crippen LogP contribution in [0.15, 0.2) is 48.8 Å². The monoisotopic (exact) mass is 285 g/mol. The van der Waals surface area contributed by atoms with Crippen molar-refractivity contribution in [2.75, 3.05) is 5.73 Å². The first-order valence-electron chi connectivity index (χ1n) is 6.78. The molecule has 22 heavy (non-hydrogen) atoms. The van der Waals surface area contributed by atoms with Crippen LogP contribution in [0.25, 0.3) is 33.1 Å². The van der Waals surface area contributed by atoms with Gasteiger partial charge in [0.05, 0.1) is 11.7 Å². The van der Waals surface area contributed by atoms with Crippen LogP contribution in [0.1, 0.15) is 5.69 Å². The molecule has 0 saturated carbocycles. The number of rotatable bonds is 1. The first-order valence-corrected chi connectivity index (χ1v) is 6.78. The zero-order valence-corrected chi connectivity index (χ0v) is 11.5. The second-order valence-electron chi connectivity index (χ2n) is 5.10. The topological polar surface area (TPSA) is 91.4 Å². The molecular formula is C17H11N5. The first kappa shape index (κ1) is 12.4. The van der Waals surface area contributed by atoms with Crippen LogP contribution in [0.2, 0.25) is 0 Å². The Morgan fingerprint density at radius 3 is 2.73 bits per heavy atom. The number of H-pyrrole nitrogens is 1. The van der Waals surface area contributed by atoms with Gasteiger partial charge in [-0.3, -0.25) is 0 Å². The Bertz CT molecular complexity index is 1060. The molecule has 0 atom stereocenters. The van der Waals surface area contributed by atoms with Gasteiger partial charge in [-0.1, -0.05) is 12.1 Å². The number of hydrogen-bond acceptors (Lipinski definition) is 4. The summed E-state index contributed by atoms with van der Waals surface area (Å²) in [6, 6.07) is 13.6. The van der Waals surface area contributed by atoms with Crippen LogP contribution >= 0.6 is 0 Å². The number of aromatic nitrogens is 3. The maximum absolute atomic E-state index is 9.02. The van der Waals surface area contributed by atoms with Gasteiger partial charge in [0.2, 0.25) is 0 Å². The highest BCUT2D eigenvalue weighted by atomic mass is 14.9. The van der Waals surface area contributed by atoms with E-state index >= 15 is 0 Å². The maximum Gasteiger partial charge on any atom is 0.141 e. The minimum Gasteiger partial charge on any atom is -0.399 e. The molecule has 0 aliphatic heterocycles. The van der Waals surface area contributed by atoms with Crippen LogP contribution in [0, 0.1) is 11.3 Å². The van der Waals surface area contributed by atoms with Crippen molar-refractivity contribution < 1.29 is 0 Å². The molecule has 3 heterocycles. The van der Waals surface area contributed by atoms with Gasteiger partial charge in [0, 0.05) is 28.2 Å². The third-order valence-electron chi connectivity index (χ3n) is 3.67. The van der Waals surface area contributed by atoms with Crippen LogP contribution in [0.3, 0.4) is 0 Å². The Morgan fingerprint density at radius 1 is 1.00 bits per heavy atom. The minimum absolute atomic E-state index is 0.391. The Kier molecular flexibility index (Phi) is 2.57. The zero-order valence-electron chi connectivity index (χ0n) is 11.5. The van der Waals surface area contributed by atoms with E-state index in [1.807, 2.05) is 30.5 Å². The predicted molar refractivity (Wildman–Crippen MR) is 86.0 cm³/mol. The van der Waals surface area contributed by atoms with Crippen molar-refractivity contribution >= 4 is 27.6 Å². The van der Waals surface area contributed by atoms with Gasteiger partial charge in [0.25, 0.3) is 0 Å². The number of nitrogens with two attached hydrogens (primary N) is 1. The van der Waals surface area contributed by atoms with E-state index in [9.17, 15) is 0 Å². The number of pyridine rings is 2. The number of nitrogen functional groups attached to an aromatic ring is 1. The Labute approximate surface area is 126 Å². The van der Waals surface area contributed by atoms with Crippen molar-refractivity contribution in [1.82, 2.24) is 15.0 Å². The Morgan fingerprint density at radius 2 is 1.91 bits per heavy atom. The summed E-state index contributed by atoms with van der Waals surface area (Å²) in [6.45, 7) is 0. The summed E-state index contributed by atoms with van der Waals surface area (Å²) >= 11 is 0. The summed E-state index contributed by atoms with van der Waals surface area (Å²) in [7, 11) is 0. The second kappa shape index (κ2) is 4.57. The van der Waals surface area contributed by atoms with Crippen LogP contribution in [-0.4, -0.2) is 15.0 Å². The van der Waals surface area contributed by atoms with Gasteiger partial charge in [-0.2, -0.15) is 5.26 Å². The molecule has 4 rings (SSSR count). The molecule has 3 aromatic heterocycles. The lowest BCUT2D eigenvalue weighted by atomic mass is 10.1. The lowest BCUT2D eigenvalue weighted by Crippen LogP contribution is -1.86. The quantitative estimate of drug-likeness (QED) is 0.525. The first-order chi connectivity index (χ1) is 10.7. The van der Waals surface area contributed by atoms with Gasteiger partial charge in [-0.25, -0.2) is 9.97 Å². The molecule has 0 radical (unpaired) electrons. The second-order valence-corrected chi connectivity index (χ2v) is 5.10. The van der Waals surface area contributed by atoms with E-state index < -0.39 is 0 Å². The normalized spacial score (nSPS) is 10.9. The molecule has 0 fully saturated rings. The molecule has 104 valence electrons. The van der Waals surface area contributed by atoms with E-state index in [0.29, 0.717) is 11.4 Å². The van der Waals surface area contributed by atoms with Gasteiger partial charge in [0.15, 0.2) is 0 Å². The Hall–Kier alpha value is -3.39. The number of aromatic amines is 1. The standard InChI is InChI=1S/C17H11N5/c18-7-13-6-14-15-5-11(10-2-1-3-12(19)4-10)8-21-17(15)22-16(14)9-20-13/h1-6,8-9H,19H2,(H,21,22). The molecule has 4 aromatic rings. The number of fused-ring (bicyclic) bond motifs is 3. The SMILES string of the molecule is N#Cc1cc2c(cn1)[nH]c1ncc(-c3cccc(N)c3)cc12. The third kappa shape index (κ3) is 1.86. The maximum atomic E-state index is 9.02. The third-order valence-corrected chi connectivity index (χ3v) is 3.67. The summed E-state index contributed by atoms with van der Waals surface area (Å²) < 4.78 is 0. The van der Waals surface area contributed by atoms with Crippen LogP contribution < -0.4 is 5.73 Å². The van der Waals surface area contributed by atoms with Gasteiger partial charge < -0.3 is 10.7 Å². The van der Waals surface area contributed by atoms with E-state index in [1.165, 1.54) is 0 Å². The highest BCUT2D eigenvalue weighted by Gasteiger charge is 2.09. The van der Waals surface area contributed by atoms with Gasteiger partial charge >= 0.3 is 0 Å². The fraction of sp³-hybridized carbons (Fsp3) is 0. The van der Waals surface area contributed by atoms with Crippen molar-refractivity contribution in [3.63, 3.8) is 0 Å². The van der Waals surface area contributed by atoms with Crippen molar-refractivity contribution in [1.29, 1.82) is 5.26 Å². The van der Waals surface area contributed by atoms with Crippen molar-refractivity contribution in [3.8, 4) is 17.2 Å². The number of nitriles is 1. The van der Waals surface area contributed by atoms with Crippen LogP contribution in [0.5, 0.6) is 0 Å².